The van der Waals surface area contributed by atoms with E-state index in [2.05, 4.69) is 0 Å². The van der Waals surface area contributed by atoms with E-state index in [-0.39, 0.29) is 22.7 Å². The Morgan fingerprint density at radius 2 is 0.577 bits per heavy atom. The third-order valence-electron chi connectivity index (χ3n) is 9.87. The zero-order chi connectivity index (χ0) is 36.9. The van der Waals surface area contributed by atoms with Gasteiger partial charge in [-0.15, -0.1) is 0 Å². The minimum absolute atomic E-state index is 0.230. The lowest BCUT2D eigenvalue weighted by atomic mass is 9.91. The second-order valence-electron chi connectivity index (χ2n) is 13.5. The number of fused-ring (bicyclic) bond motifs is 4. The normalized spacial score (nSPS) is 13.2. The Hall–Kier alpha value is -5.64. The standard InChI is InChI=1S/C42H28F8N2/c1-19-5-9-23-17-24-10-6-20(2)14-28(24)51(27(23)13-19)41-37(47)33(43)31(34(44)38(41)48)32-35(45)39(49)42(40(50)36(32)46)52-29-15-21(3)7-11-25(29)18-26-12-8-22(4)16-30(26)52/h5-16H,17-18H2,1-4H3. The number of benzene rings is 6. The van der Waals surface area contributed by atoms with Crippen molar-refractivity contribution in [3.05, 3.63) is 164 Å². The highest BCUT2D eigenvalue weighted by Crippen LogP contribution is 2.51. The molecule has 0 aliphatic carbocycles. The van der Waals surface area contributed by atoms with Gasteiger partial charge in [-0.25, -0.2) is 35.1 Å². The Balaban J connectivity index is 1.36. The van der Waals surface area contributed by atoms with E-state index < -0.39 is 69.0 Å². The summed E-state index contributed by atoms with van der Waals surface area (Å²) in [5, 5.41) is 0. The van der Waals surface area contributed by atoms with Gasteiger partial charge in [-0.1, -0.05) is 48.5 Å². The predicted octanol–water partition coefficient (Wildman–Crippen LogP) is 12.4. The van der Waals surface area contributed by atoms with Gasteiger partial charge in [-0.05, 0) is 96.5 Å². The Morgan fingerprint density at radius 3 is 0.808 bits per heavy atom. The lowest BCUT2D eigenvalue weighted by molar-refractivity contribution is 0.444. The van der Waals surface area contributed by atoms with E-state index in [1.165, 1.54) is 0 Å². The average molecular weight is 713 g/mol. The van der Waals surface area contributed by atoms with Gasteiger partial charge < -0.3 is 9.80 Å². The van der Waals surface area contributed by atoms with Gasteiger partial charge in [0.25, 0.3) is 0 Å². The van der Waals surface area contributed by atoms with Crippen molar-refractivity contribution in [2.75, 3.05) is 9.80 Å². The second-order valence-corrected chi connectivity index (χ2v) is 13.5. The number of halogens is 8. The monoisotopic (exact) mass is 712 g/mol. The fraction of sp³-hybridized carbons (Fsp3) is 0.143. The number of hydrogen-bond donors (Lipinski definition) is 0. The lowest BCUT2D eigenvalue weighted by Crippen LogP contribution is -2.23. The smallest absolute Gasteiger partial charge is 0.186 e. The van der Waals surface area contributed by atoms with E-state index in [0.717, 1.165) is 9.80 Å². The summed E-state index contributed by atoms with van der Waals surface area (Å²) in [5.74, 6) is -17.0. The summed E-state index contributed by atoms with van der Waals surface area (Å²) in [7, 11) is 0. The Bertz CT molecular complexity index is 2190. The van der Waals surface area contributed by atoms with Crippen LogP contribution in [-0.4, -0.2) is 0 Å². The number of aryl methyl sites for hydroxylation is 4. The van der Waals surface area contributed by atoms with Crippen LogP contribution in [0.15, 0.2) is 72.8 Å². The van der Waals surface area contributed by atoms with Crippen LogP contribution in [-0.2, 0) is 12.8 Å². The van der Waals surface area contributed by atoms with Crippen LogP contribution in [0.1, 0.15) is 44.5 Å². The number of rotatable bonds is 3. The van der Waals surface area contributed by atoms with Gasteiger partial charge in [-0.3, -0.25) is 0 Å². The summed E-state index contributed by atoms with van der Waals surface area (Å²) in [5.41, 5.74) is -0.225. The molecule has 0 amide bonds. The molecule has 0 N–H and O–H groups in total. The van der Waals surface area contributed by atoms with Gasteiger partial charge in [-0.2, -0.15) is 0 Å². The molecule has 0 saturated heterocycles. The lowest BCUT2D eigenvalue weighted by Gasteiger charge is -2.35. The molecule has 2 heterocycles. The van der Waals surface area contributed by atoms with Crippen molar-refractivity contribution in [3.63, 3.8) is 0 Å². The summed E-state index contributed by atoms with van der Waals surface area (Å²) in [6, 6.07) is 20.3. The Kier molecular flexibility index (Phi) is 7.71. The van der Waals surface area contributed by atoms with Crippen molar-refractivity contribution in [2.24, 2.45) is 0 Å². The summed E-state index contributed by atoms with van der Waals surface area (Å²) in [6.45, 7) is 6.90. The molecule has 0 radical (unpaired) electrons. The zero-order valence-electron chi connectivity index (χ0n) is 28.3. The molecule has 2 nitrogen and oxygen atoms in total. The molecule has 2 aliphatic heterocycles. The van der Waals surface area contributed by atoms with Crippen LogP contribution in [0.4, 0.5) is 69.2 Å². The third-order valence-corrected chi connectivity index (χ3v) is 9.87. The predicted molar refractivity (Wildman–Crippen MR) is 185 cm³/mol. The van der Waals surface area contributed by atoms with E-state index in [1.807, 2.05) is 0 Å². The molecule has 0 bridgehead atoms. The van der Waals surface area contributed by atoms with Crippen LogP contribution in [0.2, 0.25) is 0 Å². The zero-order valence-corrected chi connectivity index (χ0v) is 28.3. The van der Waals surface area contributed by atoms with Crippen LogP contribution < -0.4 is 9.80 Å². The summed E-state index contributed by atoms with van der Waals surface area (Å²) >= 11 is 0. The number of anilines is 6. The Labute approximate surface area is 294 Å². The van der Waals surface area contributed by atoms with Gasteiger partial charge in [0, 0.05) is 12.8 Å². The Morgan fingerprint density at radius 1 is 0.346 bits per heavy atom. The van der Waals surface area contributed by atoms with Gasteiger partial charge in [0.05, 0.1) is 33.9 Å². The van der Waals surface area contributed by atoms with Crippen molar-refractivity contribution < 1.29 is 35.1 Å². The maximum atomic E-state index is 16.3. The van der Waals surface area contributed by atoms with Crippen molar-refractivity contribution in [3.8, 4) is 11.1 Å². The fourth-order valence-electron chi connectivity index (χ4n) is 7.35. The minimum atomic E-state index is -2.23. The molecular weight excluding hydrogens is 684 g/mol. The topological polar surface area (TPSA) is 6.48 Å². The fourth-order valence-corrected chi connectivity index (χ4v) is 7.35. The highest BCUT2D eigenvalue weighted by molar-refractivity contribution is 5.88. The molecule has 0 saturated carbocycles. The van der Waals surface area contributed by atoms with Gasteiger partial charge in [0.15, 0.2) is 46.5 Å². The first-order valence-corrected chi connectivity index (χ1v) is 16.5. The molecule has 262 valence electrons. The van der Waals surface area contributed by atoms with Gasteiger partial charge >= 0.3 is 0 Å². The number of nitrogens with zero attached hydrogens (tertiary/aromatic N) is 2. The molecule has 0 atom stereocenters. The van der Waals surface area contributed by atoms with Crippen molar-refractivity contribution in [2.45, 2.75) is 40.5 Å². The number of hydrogen-bond acceptors (Lipinski definition) is 2. The van der Waals surface area contributed by atoms with Crippen LogP contribution in [0, 0.1) is 74.2 Å². The molecule has 0 spiro atoms. The van der Waals surface area contributed by atoms with Crippen molar-refractivity contribution in [1.82, 2.24) is 0 Å². The van der Waals surface area contributed by atoms with Crippen LogP contribution >= 0.6 is 0 Å². The molecule has 2 aliphatic rings. The summed E-state index contributed by atoms with van der Waals surface area (Å²) < 4.78 is 130. The largest absolute Gasteiger partial charge is 0.304 e. The van der Waals surface area contributed by atoms with E-state index in [0.29, 0.717) is 57.3 Å². The maximum absolute atomic E-state index is 16.3. The minimum Gasteiger partial charge on any atom is -0.304 e. The van der Waals surface area contributed by atoms with E-state index in [4.69, 9.17) is 0 Å². The van der Waals surface area contributed by atoms with E-state index >= 15 is 35.1 Å². The summed E-state index contributed by atoms with van der Waals surface area (Å²) in [6.07, 6.45) is 0.695. The highest BCUT2D eigenvalue weighted by Gasteiger charge is 2.40. The van der Waals surface area contributed by atoms with E-state index in [1.54, 1.807) is 100 Å². The van der Waals surface area contributed by atoms with Crippen LogP contribution in [0.25, 0.3) is 11.1 Å². The first-order valence-electron chi connectivity index (χ1n) is 16.5. The molecule has 6 aromatic carbocycles. The molecule has 8 rings (SSSR count). The molecule has 0 aromatic heterocycles. The van der Waals surface area contributed by atoms with Crippen molar-refractivity contribution in [1.29, 1.82) is 0 Å². The molecule has 6 aromatic rings. The maximum Gasteiger partial charge on any atom is 0.186 e. The van der Waals surface area contributed by atoms with Crippen LogP contribution in [0.5, 0.6) is 0 Å². The molecule has 52 heavy (non-hydrogen) atoms. The third kappa shape index (κ3) is 4.91. The quantitative estimate of drug-likeness (QED) is 0.133. The summed E-state index contributed by atoms with van der Waals surface area (Å²) in [4.78, 5) is 2.03. The molecule has 10 heteroatoms. The van der Waals surface area contributed by atoms with Gasteiger partial charge in [0.2, 0.25) is 0 Å². The molecule has 0 fully saturated rings. The first kappa shape index (κ1) is 33.5. The molecule has 0 unspecified atom stereocenters. The van der Waals surface area contributed by atoms with Gasteiger partial charge in [0.1, 0.15) is 11.4 Å². The average Bonchev–Trinajstić information content (AvgIpc) is 3.11. The van der Waals surface area contributed by atoms with Crippen molar-refractivity contribution >= 4 is 34.1 Å². The second kappa shape index (κ2) is 12.0. The van der Waals surface area contributed by atoms with E-state index in [9.17, 15) is 0 Å². The molecular formula is C42H28F8N2. The SMILES string of the molecule is Cc1ccc2c(c1)N(c1c(F)c(F)c(-c3c(F)c(F)c(N4c5cc(C)ccc5Cc5ccc(C)cc54)c(F)c3F)c(F)c1F)c1cc(C)ccc1C2. The first-order chi connectivity index (χ1) is 24.8. The van der Waals surface area contributed by atoms with Crippen LogP contribution in [0.3, 0.4) is 0 Å². The highest BCUT2D eigenvalue weighted by atomic mass is 19.2.